The number of benzene rings is 3. The first-order valence-electron chi connectivity index (χ1n) is 11.0. The summed E-state index contributed by atoms with van der Waals surface area (Å²) in [5.41, 5.74) is -1.87. The van der Waals surface area contributed by atoms with Crippen LogP contribution in [0.25, 0.3) is 0 Å². The monoisotopic (exact) mass is 589 g/mol. The Morgan fingerprint density at radius 1 is 0.775 bits per heavy atom. The fourth-order valence-electron chi connectivity index (χ4n) is 3.39. The van der Waals surface area contributed by atoms with Crippen molar-refractivity contribution in [2.45, 2.75) is 37.0 Å². The SMILES string of the molecule is O[C@H](CNC(c1cccc(Oc2cccc(OC(F)(F)C(F)F)c2)c1)c1ccc(C(F)(F)F)cc1F)C(F)(F)F. The maximum absolute atomic E-state index is 14.8. The van der Waals surface area contributed by atoms with Crippen molar-refractivity contribution in [1.29, 1.82) is 0 Å². The summed E-state index contributed by atoms with van der Waals surface area (Å²) in [7, 11) is 0. The normalized spacial score (nSPS) is 14.2. The maximum Gasteiger partial charge on any atom is 0.461 e. The Balaban J connectivity index is 1.93. The fourth-order valence-corrected chi connectivity index (χ4v) is 3.39. The van der Waals surface area contributed by atoms with Gasteiger partial charge in [-0.3, -0.25) is 0 Å². The minimum absolute atomic E-state index is 0.0258. The molecule has 0 spiro atoms. The largest absolute Gasteiger partial charge is 0.461 e. The number of hydrogen-bond acceptors (Lipinski definition) is 4. The van der Waals surface area contributed by atoms with E-state index in [4.69, 9.17) is 4.74 Å². The van der Waals surface area contributed by atoms with E-state index in [9.17, 15) is 53.4 Å². The van der Waals surface area contributed by atoms with Crippen molar-refractivity contribution in [3.05, 3.63) is 89.2 Å². The van der Waals surface area contributed by atoms with Crippen molar-refractivity contribution in [1.82, 2.24) is 5.32 Å². The highest BCUT2D eigenvalue weighted by Gasteiger charge is 2.44. The van der Waals surface area contributed by atoms with Crippen LogP contribution in [0.1, 0.15) is 22.7 Å². The van der Waals surface area contributed by atoms with Gasteiger partial charge in [-0.1, -0.05) is 24.3 Å². The van der Waals surface area contributed by atoms with Crippen molar-refractivity contribution in [3.8, 4) is 17.2 Å². The lowest BCUT2D eigenvalue weighted by Gasteiger charge is -2.24. The van der Waals surface area contributed by atoms with E-state index in [1.807, 2.05) is 0 Å². The molecule has 3 aromatic rings. The molecule has 0 aliphatic carbocycles. The molecule has 2 atom stereocenters. The molecule has 3 rings (SSSR count). The maximum atomic E-state index is 14.8. The van der Waals surface area contributed by atoms with Crippen molar-refractivity contribution in [2.24, 2.45) is 0 Å². The van der Waals surface area contributed by atoms with E-state index < -0.39 is 66.3 Å². The second-order valence-corrected chi connectivity index (χ2v) is 8.25. The van der Waals surface area contributed by atoms with Gasteiger partial charge in [0.15, 0.2) is 6.10 Å². The first kappa shape index (κ1) is 30.9. The average molecular weight is 589 g/mol. The number of rotatable bonds is 10. The lowest BCUT2D eigenvalue weighted by Crippen LogP contribution is -2.40. The van der Waals surface area contributed by atoms with Gasteiger partial charge >= 0.3 is 24.9 Å². The van der Waals surface area contributed by atoms with Gasteiger partial charge in [-0.25, -0.2) is 4.39 Å². The van der Waals surface area contributed by atoms with E-state index in [0.717, 1.165) is 24.3 Å². The first-order valence-corrected chi connectivity index (χ1v) is 11.0. The molecule has 1 unspecified atom stereocenters. The van der Waals surface area contributed by atoms with Crippen LogP contribution in [-0.2, 0) is 6.18 Å². The Bertz CT molecular complexity index is 1300. The van der Waals surface area contributed by atoms with Gasteiger partial charge in [-0.05, 0) is 42.0 Å². The molecule has 15 heteroatoms. The summed E-state index contributed by atoms with van der Waals surface area (Å²) in [4.78, 5) is 0. The predicted molar refractivity (Wildman–Crippen MR) is 118 cm³/mol. The molecule has 0 aliphatic heterocycles. The highest BCUT2D eigenvalue weighted by Crippen LogP contribution is 2.35. The summed E-state index contributed by atoms with van der Waals surface area (Å²) >= 11 is 0. The Morgan fingerprint density at radius 3 is 1.95 bits per heavy atom. The van der Waals surface area contributed by atoms with Gasteiger partial charge in [0.05, 0.1) is 11.6 Å². The number of alkyl halides is 10. The third-order valence-corrected chi connectivity index (χ3v) is 5.27. The summed E-state index contributed by atoms with van der Waals surface area (Å²) in [6, 6.07) is 9.01. The van der Waals surface area contributed by atoms with Crippen LogP contribution >= 0.6 is 0 Å². The van der Waals surface area contributed by atoms with E-state index >= 15 is 0 Å². The minimum Gasteiger partial charge on any atom is -0.457 e. The summed E-state index contributed by atoms with van der Waals surface area (Å²) in [6.45, 7) is -1.17. The van der Waals surface area contributed by atoms with E-state index in [1.54, 1.807) is 0 Å². The number of ether oxygens (including phenoxy) is 2. The van der Waals surface area contributed by atoms with Crippen LogP contribution in [0.3, 0.4) is 0 Å². The molecule has 0 saturated carbocycles. The van der Waals surface area contributed by atoms with Crippen LogP contribution < -0.4 is 14.8 Å². The second kappa shape index (κ2) is 11.9. The Morgan fingerprint density at radius 2 is 1.38 bits per heavy atom. The van der Waals surface area contributed by atoms with E-state index in [2.05, 4.69) is 10.1 Å². The molecule has 2 N–H and O–H groups in total. The van der Waals surface area contributed by atoms with Crippen molar-refractivity contribution >= 4 is 0 Å². The molecule has 0 aromatic heterocycles. The zero-order chi connectivity index (χ0) is 29.9. The summed E-state index contributed by atoms with van der Waals surface area (Å²) in [5, 5.41) is 11.6. The van der Waals surface area contributed by atoms with Crippen LogP contribution in [0.15, 0.2) is 66.7 Å². The highest BCUT2D eigenvalue weighted by atomic mass is 19.4. The molecule has 0 saturated heterocycles. The molecule has 0 amide bonds. The zero-order valence-electron chi connectivity index (χ0n) is 19.7. The van der Waals surface area contributed by atoms with Gasteiger partial charge in [-0.2, -0.15) is 43.9 Å². The molecule has 0 heterocycles. The number of aliphatic hydroxyl groups excluding tert-OH is 1. The van der Waals surface area contributed by atoms with Gasteiger partial charge in [0.25, 0.3) is 0 Å². The molecule has 3 aromatic carbocycles. The molecule has 4 nitrogen and oxygen atoms in total. The van der Waals surface area contributed by atoms with Crippen molar-refractivity contribution < 1.29 is 62.9 Å². The highest BCUT2D eigenvalue weighted by molar-refractivity contribution is 5.42. The molecule has 0 bridgehead atoms. The third kappa shape index (κ3) is 7.97. The smallest absolute Gasteiger partial charge is 0.457 e. The molecular weight excluding hydrogens is 571 g/mol. The van der Waals surface area contributed by atoms with Crippen molar-refractivity contribution in [3.63, 3.8) is 0 Å². The third-order valence-electron chi connectivity index (χ3n) is 5.27. The number of nitrogens with one attached hydrogen (secondary N) is 1. The van der Waals surface area contributed by atoms with Crippen LogP contribution in [0.2, 0.25) is 0 Å². The topological polar surface area (TPSA) is 50.7 Å². The average Bonchev–Trinajstić information content (AvgIpc) is 2.83. The quantitative estimate of drug-likeness (QED) is 0.241. The summed E-state index contributed by atoms with van der Waals surface area (Å²) in [6.07, 6.45) is -21.8. The van der Waals surface area contributed by atoms with Crippen LogP contribution in [-0.4, -0.2) is 36.5 Å². The van der Waals surface area contributed by atoms with Gasteiger partial charge in [0.2, 0.25) is 0 Å². The Hall–Kier alpha value is -3.59. The van der Waals surface area contributed by atoms with Crippen LogP contribution in [0, 0.1) is 5.82 Å². The van der Waals surface area contributed by atoms with Gasteiger partial charge < -0.3 is 19.9 Å². The van der Waals surface area contributed by atoms with Gasteiger partial charge in [0, 0.05) is 18.2 Å². The predicted octanol–water partition coefficient (Wildman–Crippen LogP) is 7.48. The lowest BCUT2D eigenvalue weighted by atomic mass is 9.96. The molecule has 0 radical (unpaired) electrons. The summed E-state index contributed by atoms with van der Waals surface area (Å²) < 4.78 is 153. The standard InChI is InChI=1S/C25H18F11NO3/c26-19-10-14(23(29,30)31)7-8-18(19)21(37-12-20(38)24(32,33)34)13-3-1-4-15(9-13)39-16-5-2-6-17(11-16)40-25(35,36)22(27)28/h1-11,20-22,37-38H,12H2/t20-,21?/m1/s1. The second-order valence-electron chi connectivity index (χ2n) is 8.25. The zero-order valence-corrected chi connectivity index (χ0v) is 19.7. The molecule has 0 fully saturated rings. The number of halogens is 11. The molecule has 40 heavy (non-hydrogen) atoms. The van der Waals surface area contributed by atoms with E-state index in [-0.39, 0.29) is 23.1 Å². The first-order chi connectivity index (χ1) is 18.5. The lowest BCUT2D eigenvalue weighted by molar-refractivity contribution is -0.253. The van der Waals surface area contributed by atoms with Crippen molar-refractivity contribution in [2.75, 3.05) is 6.54 Å². The molecule has 0 aliphatic rings. The number of aliphatic hydroxyl groups is 1. The Kier molecular flexibility index (Phi) is 9.19. The van der Waals surface area contributed by atoms with Gasteiger partial charge in [0.1, 0.15) is 23.1 Å². The Labute approximate surface area is 218 Å². The van der Waals surface area contributed by atoms with Crippen LogP contribution in [0.4, 0.5) is 48.3 Å². The van der Waals surface area contributed by atoms with E-state index in [0.29, 0.717) is 12.1 Å². The van der Waals surface area contributed by atoms with Crippen LogP contribution in [0.5, 0.6) is 17.2 Å². The number of hydrogen-bond donors (Lipinski definition) is 2. The molecule has 218 valence electrons. The fraction of sp³-hybridized carbons (Fsp3) is 0.280. The van der Waals surface area contributed by atoms with E-state index in [1.165, 1.54) is 24.3 Å². The summed E-state index contributed by atoms with van der Waals surface area (Å²) in [5.74, 6) is -2.40. The minimum atomic E-state index is -5.06. The van der Waals surface area contributed by atoms with Gasteiger partial charge in [-0.15, -0.1) is 0 Å². The molecular formula is C25H18F11NO3.